The third-order valence-corrected chi connectivity index (χ3v) is 2.87. The summed E-state index contributed by atoms with van der Waals surface area (Å²) in [5.74, 6) is -2.02. The maximum Gasteiger partial charge on any atom is 0.226 e. The highest BCUT2D eigenvalue weighted by Gasteiger charge is 2.20. The molecule has 3 N–H and O–H groups in total. The number of rotatable bonds is 4. The van der Waals surface area contributed by atoms with E-state index in [-0.39, 0.29) is 23.4 Å². The van der Waals surface area contributed by atoms with Crippen molar-refractivity contribution in [1.29, 1.82) is 0 Å². The Bertz CT molecular complexity index is 495. The Labute approximate surface area is 118 Å². The van der Waals surface area contributed by atoms with Gasteiger partial charge in [-0.2, -0.15) is 0 Å². The molecule has 1 atom stereocenters. The highest BCUT2D eigenvalue weighted by atomic mass is 19.1. The van der Waals surface area contributed by atoms with Crippen molar-refractivity contribution in [3.8, 4) is 0 Å². The van der Waals surface area contributed by atoms with E-state index in [0.717, 1.165) is 6.07 Å². The summed E-state index contributed by atoms with van der Waals surface area (Å²) in [6.07, 6.45) is 0.684. The second kappa shape index (κ2) is 6.31. The van der Waals surface area contributed by atoms with Crippen LogP contribution < -0.4 is 11.1 Å². The molecule has 1 aromatic carbocycles. The highest BCUT2D eigenvalue weighted by molar-refractivity contribution is 5.91. The van der Waals surface area contributed by atoms with Crippen molar-refractivity contribution in [3.63, 3.8) is 0 Å². The third kappa shape index (κ3) is 4.89. The summed E-state index contributed by atoms with van der Waals surface area (Å²) >= 11 is 0. The highest BCUT2D eigenvalue weighted by Crippen LogP contribution is 2.23. The fraction of sp³-hybridized carbons (Fsp3) is 0.533. The standard InChI is InChI=1S/C15H22F2N2O/c1-9-5-6-11(16)14(13(9)17)19-12(20)7-10(18)8-15(2,3)4/h5-6,10H,7-8,18H2,1-4H3,(H,19,20). The van der Waals surface area contributed by atoms with Gasteiger partial charge in [-0.1, -0.05) is 26.8 Å². The molecule has 0 radical (unpaired) electrons. The number of amides is 1. The van der Waals surface area contributed by atoms with E-state index < -0.39 is 23.2 Å². The lowest BCUT2D eigenvalue weighted by atomic mass is 9.87. The molecule has 1 unspecified atom stereocenters. The summed E-state index contributed by atoms with van der Waals surface area (Å²) in [5, 5.41) is 2.27. The molecule has 0 spiro atoms. The molecular formula is C15H22F2N2O. The molecule has 5 heteroatoms. The number of anilines is 1. The number of nitrogens with two attached hydrogens (primary N) is 1. The molecule has 1 rings (SSSR count). The number of halogens is 2. The molecule has 0 aliphatic rings. The number of aryl methyl sites for hydroxylation is 1. The van der Waals surface area contributed by atoms with Gasteiger partial charge in [0.25, 0.3) is 0 Å². The molecule has 112 valence electrons. The van der Waals surface area contributed by atoms with Gasteiger partial charge in [0, 0.05) is 12.5 Å². The first-order valence-electron chi connectivity index (χ1n) is 6.60. The maximum absolute atomic E-state index is 13.7. The van der Waals surface area contributed by atoms with E-state index in [9.17, 15) is 13.6 Å². The fourth-order valence-corrected chi connectivity index (χ4v) is 2.06. The Kier molecular flexibility index (Phi) is 5.22. The lowest BCUT2D eigenvalue weighted by molar-refractivity contribution is -0.116. The maximum atomic E-state index is 13.7. The van der Waals surface area contributed by atoms with Gasteiger partial charge in [0.2, 0.25) is 5.91 Å². The second-order valence-corrected chi connectivity index (χ2v) is 6.33. The first-order valence-corrected chi connectivity index (χ1v) is 6.60. The smallest absolute Gasteiger partial charge is 0.226 e. The Balaban J connectivity index is 2.70. The summed E-state index contributed by atoms with van der Waals surface area (Å²) in [6.45, 7) is 7.57. The zero-order chi connectivity index (χ0) is 15.5. The Hall–Kier alpha value is -1.49. The lowest BCUT2D eigenvalue weighted by Crippen LogP contribution is -2.31. The molecule has 0 fully saturated rings. The topological polar surface area (TPSA) is 55.1 Å². The van der Waals surface area contributed by atoms with Crippen LogP contribution in [-0.4, -0.2) is 11.9 Å². The Morgan fingerprint density at radius 1 is 1.35 bits per heavy atom. The van der Waals surface area contributed by atoms with Crippen LogP contribution in [0.5, 0.6) is 0 Å². The van der Waals surface area contributed by atoms with Crippen LogP contribution in [0.2, 0.25) is 0 Å². The molecule has 1 aromatic rings. The van der Waals surface area contributed by atoms with Gasteiger partial charge in [-0.15, -0.1) is 0 Å². The van der Waals surface area contributed by atoms with Crippen LogP contribution in [0.25, 0.3) is 0 Å². The zero-order valence-electron chi connectivity index (χ0n) is 12.4. The minimum atomic E-state index is -0.786. The summed E-state index contributed by atoms with van der Waals surface area (Å²) in [4.78, 5) is 11.8. The van der Waals surface area contributed by atoms with Gasteiger partial charge in [0.15, 0.2) is 5.82 Å². The average molecular weight is 284 g/mol. The van der Waals surface area contributed by atoms with Gasteiger partial charge in [-0.3, -0.25) is 4.79 Å². The monoisotopic (exact) mass is 284 g/mol. The predicted octanol–water partition coefficient (Wildman–Crippen LogP) is 3.37. The van der Waals surface area contributed by atoms with Crippen LogP contribution in [-0.2, 0) is 4.79 Å². The molecule has 3 nitrogen and oxygen atoms in total. The van der Waals surface area contributed by atoms with Crippen LogP contribution >= 0.6 is 0 Å². The third-order valence-electron chi connectivity index (χ3n) is 2.87. The van der Waals surface area contributed by atoms with Crippen LogP contribution in [0.4, 0.5) is 14.5 Å². The Morgan fingerprint density at radius 2 is 1.95 bits per heavy atom. The summed E-state index contributed by atoms with van der Waals surface area (Å²) in [7, 11) is 0. The molecule has 0 bridgehead atoms. The number of nitrogens with one attached hydrogen (secondary N) is 1. The minimum absolute atomic E-state index is 0.000465. The van der Waals surface area contributed by atoms with Crippen molar-refractivity contribution >= 4 is 11.6 Å². The van der Waals surface area contributed by atoms with Gasteiger partial charge < -0.3 is 11.1 Å². The molecule has 0 aliphatic heterocycles. The predicted molar refractivity (Wildman–Crippen MR) is 76.4 cm³/mol. The minimum Gasteiger partial charge on any atom is -0.327 e. The zero-order valence-corrected chi connectivity index (χ0v) is 12.4. The average Bonchev–Trinajstić information content (AvgIpc) is 2.27. The van der Waals surface area contributed by atoms with E-state index in [4.69, 9.17) is 5.73 Å². The van der Waals surface area contributed by atoms with E-state index in [2.05, 4.69) is 5.32 Å². The molecule has 0 aromatic heterocycles. The van der Waals surface area contributed by atoms with E-state index in [0.29, 0.717) is 6.42 Å². The molecule has 0 aliphatic carbocycles. The number of carbonyl (C=O) groups is 1. The van der Waals surface area contributed by atoms with E-state index in [1.165, 1.54) is 13.0 Å². The number of hydrogen-bond donors (Lipinski definition) is 2. The molecular weight excluding hydrogens is 262 g/mol. The summed E-state index contributed by atoms with van der Waals surface area (Å²) in [5.41, 5.74) is 5.75. The van der Waals surface area contributed by atoms with Crippen LogP contribution in [0, 0.1) is 24.0 Å². The van der Waals surface area contributed by atoms with E-state index >= 15 is 0 Å². The van der Waals surface area contributed by atoms with E-state index in [1.807, 2.05) is 20.8 Å². The van der Waals surface area contributed by atoms with Crippen LogP contribution in [0.1, 0.15) is 39.2 Å². The molecule has 0 heterocycles. The molecule has 1 amide bonds. The quantitative estimate of drug-likeness (QED) is 0.890. The van der Waals surface area contributed by atoms with Crippen molar-refractivity contribution in [2.45, 2.75) is 46.6 Å². The molecule has 0 saturated heterocycles. The molecule has 0 saturated carbocycles. The summed E-state index contributed by atoms with van der Waals surface area (Å²) in [6, 6.07) is 2.11. The first kappa shape index (κ1) is 16.6. The van der Waals surface area contributed by atoms with Crippen molar-refractivity contribution in [2.75, 3.05) is 5.32 Å². The van der Waals surface area contributed by atoms with Gasteiger partial charge in [0.05, 0.1) is 0 Å². The number of carbonyl (C=O) groups excluding carboxylic acids is 1. The van der Waals surface area contributed by atoms with Crippen molar-refractivity contribution < 1.29 is 13.6 Å². The number of hydrogen-bond acceptors (Lipinski definition) is 2. The van der Waals surface area contributed by atoms with Gasteiger partial charge in [-0.05, 0) is 30.4 Å². The van der Waals surface area contributed by atoms with Crippen molar-refractivity contribution in [2.24, 2.45) is 11.1 Å². The SMILES string of the molecule is Cc1ccc(F)c(NC(=O)CC(N)CC(C)(C)C)c1F. The second-order valence-electron chi connectivity index (χ2n) is 6.33. The fourth-order valence-electron chi connectivity index (χ4n) is 2.06. The first-order chi connectivity index (χ1) is 9.10. The van der Waals surface area contributed by atoms with Gasteiger partial charge >= 0.3 is 0 Å². The van der Waals surface area contributed by atoms with Gasteiger partial charge in [-0.25, -0.2) is 8.78 Å². The normalized spacial score (nSPS) is 13.2. The number of benzene rings is 1. The Morgan fingerprint density at radius 3 is 2.50 bits per heavy atom. The molecule has 20 heavy (non-hydrogen) atoms. The van der Waals surface area contributed by atoms with Crippen LogP contribution in [0.15, 0.2) is 12.1 Å². The van der Waals surface area contributed by atoms with Crippen molar-refractivity contribution in [3.05, 3.63) is 29.3 Å². The van der Waals surface area contributed by atoms with Gasteiger partial charge in [0.1, 0.15) is 11.5 Å². The largest absolute Gasteiger partial charge is 0.327 e. The summed E-state index contributed by atoms with van der Waals surface area (Å²) < 4.78 is 27.3. The lowest BCUT2D eigenvalue weighted by Gasteiger charge is -2.22. The van der Waals surface area contributed by atoms with Crippen LogP contribution in [0.3, 0.4) is 0 Å². The van der Waals surface area contributed by atoms with Crippen molar-refractivity contribution in [1.82, 2.24) is 0 Å². The van der Waals surface area contributed by atoms with E-state index in [1.54, 1.807) is 0 Å².